The Morgan fingerprint density at radius 3 is 2.56 bits per heavy atom. The molecule has 0 saturated carbocycles. The van der Waals surface area contributed by atoms with E-state index in [1.165, 1.54) is 23.1 Å². The van der Waals surface area contributed by atoms with Crippen LogP contribution < -0.4 is 5.32 Å². The molecule has 1 N–H and O–H groups in total. The summed E-state index contributed by atoms with van der Waals surface area (Å²) in [4.78, 5) is 27.3. The maximum Gasteiger partial charge on any atom is 0.341 e. The van der Waals surface area contributed by atoms with E-state index >= 15 is 0 Å². The monoisotopic (exact) mass is 564 g/mol. The lowest BCUT2D eigenvalue weighted by atomic mass is 9.95. The standard InChI is InChI=1S/C28H32N6O3S2/c1-16(2)37-27(36)24-20-8-6-7-9-22(20)39-26(24)29-23(35)15-38-28-31-30-25(21-14-18(4)33(5)32-21)34(28)19-12-10-17(3)11-13-19/h10-14,16H,6-9,15H2,1-5H3,(H,29,35). The Hall–Kier alpha value is -3.44. The van der Waals surface area contributed by atoms with E-state index in [4.69, 9.17) is 4.74 Å². The molecule has 1 amide bonds. The van der Waals surface area contributed by atoms with Crippen molar-refractivity contribution in [3.63, 3.8) is 0 Å². The second kappa shape index (κ2) is 11.4. The lowest BCUT2D eigenvalue weighted by Crippen LogP contribution is -2.19. The summed E-state index contributed by atoms with van der Waals surface area (Å²) in [6.07, 6.45) is 3.63. The Balaban J connectivity index is 1.39. The number of nitrogens with zero attached hydrogens (tertiary/aromatic N) is 5. The summed E-state index contributed by atoms with van der Waals surface area (Å²) < 4.78 is 9.25. The average Bonchev–Trinajstić information content (AvgIpc) is 3.57. The van der Waals surface area contributed by atoms with E-state index in [0.717, 1.165) is 53.1 Å². The van der Waals surface area contributed by atoms with Crippen LogP contribution in [0, 0.1) is 13.8 Å². The zero-order chi connectivity index (χ0) is 27.7. The van der Waals surface area contributed by atoms with Gasteiger partial charge in [0.05, 0.1) is 17.4 Å². The maximum absolute atomic E-state index is 13.2. The summed E-state index contributed by atoms with van der Waals surface area (Å²) in [6.45, 7) is 7.68. The van der Waals surface area contributed by atoms with Crippen molar-refractivity contribution in [3.05, 3.63) is 57.6 Å². The third kappa shape index (κ3) is 5.79. The molecule has 3 heterocycles. The first-order valence-electron chi connectivity index (χ1n) is 13.0. The minimum Gasteiger partial charge on any atom is -0.459 e. The minimum atomic E-state index is -0.373. The van der Waals surface area contributed by atoms with Crippen LogP contribution >= 0.6 is 23.1 Å². The first-order chi connectivity index (χ1) is 18.7. The van der Waals surface area contributed by atoms with Gasteiger partial charge in [-0.2, -0.15) is 5.10 Å². The van der Waals surface area contributed by atoms with Crippen LogP contribution in [-0.4, -0.2) is 48.3 Å². The molecule has 0 bridgehead atoms. The summed E-state index contributed by atoms with van der Waals surface area (Å²) >= 11 is 2.78. The zero-order valence-electron chi connectivity index (χ0n) is 22.8. The van der Waals surface area contributed by atoms with Gasteiger partial charge in [0.15, 0.2) is 11.0 Å². The van der Waals surface area contributed by atoms with E-state index in [1.54, 1.807) is 4.68 Å². The van der Waals surface area contributed by atoms with E-state index in [9.17, 15) is 9.59 Å². The van der Waals surface area contributed by atoms with Crippen LogP contribution in [0.3, 0.4) is 0 Å². The quantitative estimate of drug-likeness (QED) is 0.222. The van der Waals surface area contributed by atoms with E-state index in [0.29, 0.717) is 27.2 Å². The molecule has 0 radical (unpaired) electrons. The van der Waals surface area contributed by atoms with Crippen LogP contribution in [0.4, 0.5) is 5.00 Å². The van der Waals surface area contributed by atoms with E-state index in [1.807, 2.05) is 69.6 Å². The van der Waals surface area contributed by atoms with Crippen molar-refractivity contribution < 1.29 is 14.3 Å². The highest BCUT2D eigenvalue weighted by Gasteiger charge is 2.28. The van der Waals surface area contributed by atoms with Gasteiger partial charge in [0, 0.05) is 23.3 Å². The number of benzene rings is 1. The zero-order valence-corrected chi connectivity index (χ0v) is 24.4. The number of fused-ring (bicyclic) bond motifs is 1. The molecule has 204 valence electrons. The smallest absolute Gasteiger partial charge is 0.341 e. The Kier molecular flexibility index (Phi) is 7.90. The molecule has 1 aromatic carbocycles. The second-order valence-corrected chi connectivity index (χ2v) is 12.0. The van der Waals surface area contributed by atoms with Crippen LogP contribution in [0.1, 0.15) is 58.7 Å². The van der Waals surface area contributed by atoms with Gasteiger partial charge in [0.25, 0.3) is 0 Å². The van der Waals surface area contributed by atoms with Crippen molar-refractivity contribution in [2.24, 2.45) is 7.05 Å². The first-order valence-corrected chi connectivity index (χ1v) is 14.8. The molecule has 0 spiro atoms. The van der Waals surface area contributed by atoms with Crippen LogP contribution in [0.15, 0.2) is 35.5 Å². The fourth-order valence-corrected chi connectivity index (χ4v) is 6.61. The number of carbonyl (C=O) groups is 2. The van der Waals surface area contributed by atoms with Gasteiger partial charge >= 0.3 is 5.97 Å². The summed E-state index contributed by atoms with van der Waals surface area (Å²) in [5, 5.41) is 17.6. The van der Waals surface area contributed by atoms with Gasteiger partial charge in [-0.05, 0) is 77.1 Å². The minimum absolute atomic E-state index is 0.104. The molecule has 0 fully saturated rings. The molecular weight excluding hydrogens is 532 g/mol. The van der Waals surface area contributed by atoms with Crippen molar-refractivity contribution in [3.8, 4) is 17.2 Å². The predicted molar refractivity (Wildman–Crippen MR) is 154 cm³/mol. The highest BCUT2D eigenvalue weighted by molar-refractivity contribution is 7.99. The topological polar surface area (TPSA) is 104 Å². The summed E-state index contributed by atoms with van der Waals surface area (Å²) in [5.41, 5.74) is 5.27. The molecule has 1 aliphatic rings. The van der Waals surface area contributed by atoms with E-state index in [-0.39, 0.29) is 23.7 Å². The third-order valence-corrected chi connectivity index (χ3v) is 8.71. The average molecular weight is 565 g/mol. The fraction of sp³-hybridized carbons (Fsp3) is 0.393. The molecule has 0 aliphatic heterocycles. The van der Waals surface area contributed by atoms with Gasteiger partial charge in [-0.25, -0.2) is 4.79 Å². The van der Waals surface area contributed by atoms with Crippen molar-refractivity contribution in [1.82, 2.24) is 24.5 Å². The highest BCUT2D eigenvalue weighted by atomic mass is 32.2. The van der Waals surface area contributed by atoms with Gasteiger partial charge in [-0.3, -0.25) is 14.0 Å². The summed E-state index contributed by atoms with van der Waals surface area (Å²) in [5.74, 6) is 0.120. The number of hydrogen-bond donors (Lipinski definition) is 1. The molecule has 1 aliphatic carbocycles. The van der Waals surface area contributed by atoms with Crippen molar-refractivity contribution in [2.75, 3.05) is 11.1 Å². The molecule has 39 heavy (non-hydrogen) atoms. The van der Waals surface area contributed by atoms with Crippen molar-refractivity contribution in [1.29, 1.82) is 0 Å². The van der Waals surface area contributed by atoms with Crippen LogP contribution in [0.25, 0.3) is 17.2 Å². The number of anilines is 1. The number of nitrogens with one attached hydrogen (secondary N) is 1. The number of hydrogen-bond acceptors (Lipinski definition) is 8. The molecular formula is C28H32N6O3S2. The molecule has 9 nitrogen and oxygen atoms in total. The lowest BCUT2D eigenvalue weighted by Gasteiger charge is -2.14. The number of aryl methyl sites for hydroxylation is 4. The Morgan fingerprint density at radius 1 is 1.13 bits per heavy atom. The second-order valence-electron chi connectivity index (χ2n) is 9.98. The number of aromatic nitrogens is 5. The first kappa shape index (κ1) is 27.1. The molecule has 4 aromatic rings. The van der Waals surface area contributed by atoms with Crippen molar-refractivity contribution >= 4 is 40.0 Å². The number of thiophene rings is 1. The van der Waals surface area contributed by atoms with Gasteiger partial charge in [0.2, 0.25) is 5.91 Å². The van der Waals surface area contributed by atoms with Crippen LogP contribution in [0.2, 0.25) is 0 Å². The van der Waals surface area contributed by atoms with Crippen molar-refractivity contribution in [2.45, 2.75) is 64.6 Å². The van der Waals surface area contributed by atoms with E-state index in [2.05, 4.69) is 20.6 Å². The molecule has 5 rings (SSSR count). The number of carbonyl (C=O) groups excluding carboxylic acids is 2. The summed E-state index contributed by atoms with van der Waals surface area (Å²) in [6, 6.07) is 10.0. The molecule has 11 heteroatoms. The lowest BCUT2D eigenvalue weighted by molar-refractivity contribution is -0.113. The Labute approximate surface area is 236 Å². The van der Waals surface area contributed by atoms with Crippen LogP contribution in [0.5, 0.6) is 0 Å². The number of thioether (sulfide) groups is 1. The fourth-order valence-electron chi connectivity index (χ4n) is 4.56. The third-order valence-electron chi connectivity index (χ3n) is 6.57. The predicted octanol–water partition coefficient (Wildman–Crippen LogP) is 5.52. The molecule has 0 saturated heterocycles. The summed E-state index contributed by atoms with van der Waals surface area (Å²) in [7, 11) is 1.89. The number of esters is 1. The number of ether oxygens (including phenoxy) is 1. The maximum atomic E-state index is 13.2. The normalized spacial score (nSPS) is 13.0. The SMILES string of the molecule is Cc1ccc(-n2c(SCC(=O)Nc3sc4c(c3C(=O)OC(C)C)CCCC4)nnc2-c2cc(C)n(C)n2)cc1. The van der Waals surface area contributed by atoms with E-state index < -0.39 is 0 Å². The van der Waals surface area contributed by atoms with Gasteiger partial charge in [0.1, 0.15) is 10.7 Å². The molecule has 3 aromatic heterocycles. The van der Waals surface area contributed by atoms with Gasteiger partial charge in [-0.1, -0.05) is 29.5 Å². The van der Waals surface area contributed by atoms with Gasteiger partial charge in [-0.15, -0.1) is 21.5 Å². The molecule has 0 unspecified atom stereocenters. The van der Waals surface area contributed by atoms with Gasteiger partial charge < -0.3 is 10.1 Å². The largest absolute Gasteiger partial charge is 0.459 e. The van der Waals surface area contributed by atoms with Crippen LogP contribution in [-0.2, 0) is 29.4 Å². The highest BCUT2D eigenvalue weighted by Crippen LogP contribution is 2.39. The molecule has 0 atom stereocenters. The number of amides is 1. The Morgan fingerprint density at radius 2 is 1.87 bits per heavy atom. The number of rotatable bonds is 8. The Bertz CT molecular complexity index is 1500.